The molecule has 0 spiro atoms. The summed E-state index contributed by atoms with van der Waals surface area (Å²) in [5.41, 5.74) is 1.89. The highest BCUT2D eigenvalue weighted by atomic mass is 32.2. The van der Waals surface area contributed by atoms with Gasteiger partial charge in [0.15, 0.2) is 5.75 Å². The third-order valence-electron chi connectivity index (χ3n) is 4.98. The lowest BCUT2D eigenvalue weighted by Crippen LogP contribution is -2.25. The smallest absolute Gasteiger partial charge is 0.232 e. The lowest BCUT2D eigenvalue weighted by molar-refractivity contribution is 0.312. The monoisotopic (exact) mass is 427 g/mol. The fourth-order valence-electron chi connectivity index (χ4n) is 3.40. The summed E-state index contributed by atoms with van der Waals surface area (Å²) >= 11 is 0. The molecule has 0 atom stereocenters. The van der Waals surface area contributed by atoms with Gasteiger partial charge >= 0.3 is 0 Å². The minimum atomic E-state index is -3.55. The zero-order chi connectivity index (χ0) is 21.5. The summed E-state index contributed by atoms with van der Waals surface area (Å²) in [6.07, 6.45) is 4.29. The fourth-order valence-corrected chi connectivity index (χ4v) is 3.93. The predicted molar refractivity (Wildman–Crippen MR) is 116 cm³/mol. The third kappa shape index (κ3) is 3.37. The number of nitrogens with zero attached hydrogens (tertiary/aromatic N) is 2. The number of hydrogen-bond donors (Lipinski definition) is 2. The van der Waals surface area contributed by atoms with Gasteiger partial charge in [-0.1, -0.05) is 12.1 Å². The van der Waals surface area contributed by atoms with Gasteiger partial charge in [0, 0.05) is 30.2 Å². The van der Waals surface area contributed by atoms with Gasteiger partial charge in [0.1, 0.15) is 12.4 Å². The van der Waals surface area contributed by atoms with Gasteiger partial charge in [-0.3, -0.25) is 4.31 Å². The third-order valence-corrected chi connectivity index (χ3v) is 6.16. The molecule has 0 amide bonds. The lowest BCUT2D eigenvalue weighted by Gasteiger charge is -2.22. The number of methoxy groups -OCH3 is 1. The van der Waals surface area contributed by atoms with Crippen LogP contribution in [0.15, 0.2) is 48.8 Å². The summed E-state index contributed by atoms with van der Waals surface area (Å²) in [4.78, 5) is 7.13. The predicted octanol–water partition coefficient (Wildman–Crippen LogP) is 3.41. The van der Waals surface area contributed by atoms with Gasteiger partial charge in [-0.25, -0.2) is 13.4 Å². The lowest BCUT2D eigenvalue weighted by atomic mass is 10.1. The SMILES string of the molecule is COc1ccc(COc2c3[nH]cccc3c(N(C)S(C)(=O)=O)c3cnc(O)c23)cc1. The number of H-pyrrole nitrogens is 1. The van der Waals surface area contributed by atoms with Crippen LogP contribution in [-0.4, -0.2) is 43.9 Å². The minimum absolute atomic E-state index is 0.225. The first kappa shape index (κ1) is 19.8. The number of nitrogens with one attached hydrogen (secondary N) is 1. The van der Waals surface area contributed by atoms with E-state index in [1.165, 1.54) is 17.5 Å². The summed E-state index contributed by atoms with van der Waals surface area (Å²) in [5.74, 6) is 0.917. The molecule has 0 saturated carbocycles. The van der Waals surface area contributed by atoms with Crippen molar-refractivity contribution in [2.24, 2.45) is 0 Å². The zero-order valence-electron chi connectivity index (χ0n) is 16.7. The van der Waals surface area contributed by atoms with E-state index in [1.807, 2.05) is 24.3 Å². The van der Waals surface area contributed by atoms with Crippen LogP contribution in [-0.2, 0) is 16.6 Å². The van der Waals surface area contributed by atoms with E-state index in [4.69, 9.17) is 9.47 Å². The number of hydrogen-bond acceptors (Lipinski definition) is 6. The van der Waals surface area contributed by atoms with Crippen LogP contribution in [0.4, 0.5) is 5.69 Å². The van der Waals surface area contributed by atoms with Gasteiger partial charge in [-0.2, -0.15) is 0 Å². The average Bonchev–Trinajstić information content (AvgIpc) is 3.11. The molecule has 0 aliphatic rings. The van der Waals surface area contributed by atoms with E-state index in [-0.39, 0.29) is 12.5 Å². The number of sulfonamides is 1. The summed E-state index contributed by atoms with van der Waals surface area (Å²) in [7, 11) is -0.475. The largest absolute Gasteiger partial charge is 0.497 e. The maximum atomic E-state index is 12.3. The van der Waals surface area contributed by atoms with E-state index in [0.717, 1.165) is 17.6 Å². The first-order valence-corrected chi connectivity index (χ1v) is 11.0. The molecule has 8 nitrogen and oxygen atoms in total. The van der Waals surface area contributed by atoms with Crippen molar-refractivity contribution in [1.82, 2.24) is 9.97 Å². The van der Waals surface area contributed by atoms with E-state index in [1.54, 1.807) is 25.4 Å². The van der Waals surface area contributed by atoms with Crippen LogP contribution in [0.1, 0.15) is 5.56 Å². The van der Waals surface area contributed by atoms with Crippen molar-refractivity contribution in [2.75, 3.05) is 24.7 Å². The number of benzene rings is 2. The van der Waals surface area contributed by atoms with Crippen molar-refractivity contribution < 1.29 is 23.0 Å². The molecule has 30 heavy (non-hydrogen) atoms. The van der Waals surface area contributed by atoms with Gasteiger partial charge in [0.2, 0.25) is 15.9 Å². The normalized spacial score (nSPS) is 11.7. The van der Waals surface area contributed by atoms with Crippen LogP contribution in [0.25, 0.3) is 21.7 Å². The Labute approximate surface area is 173 Å². The number of aromatic nitrogens is 2. The highest BCUT2D eigenvalue weighted by Gasteiger charge is 2.25. The standard InChI is InChI=1S/C21H21N3O5S/c1-24(30(3,26)27)19-15-5-4-10-22-18(15)20(17-16(19)11-23-21(17)25)29-12-13-6-8-14(28-2)9-7-13/h4-11,22,25H,12H2,1-3H3. The Morgan fingerprint density at radius 3 is 2.57 bits per heavy atom. The van der Waals surface area contributed by atoms with Crippen molar-refractivity contribution in [2.45, 2.75) is 6.61 Å². The molecule has 0 radical (unpaired) electrons. The maximum Gasteiger partial charge on any atom is 0.232 e. The molecule has 0 fully saturated rings. The highest BCUT2D eigenvalue weighted by molar-refractivity contribution is 7.92. The molecule has 0 aliphatic heterocycles. The molecule has 0 aliphatic carbocycles. The molecule has 0 unspecified atom stereocenters. The molecular formula is C21H21N3O5S. The fraction of sp³-hybridized carbons (Fsp3) is 0.190. The van der Waals surface area contributed by atoms with Crippen LogP contribution in [0.3, 0.4) is 0 Å². The number of ether oxygens (including phenoxy) is 2. The van der Waals surface area contributed by atoms with E-state index >= 15 is 0 Å². The Balaban J connectivity index is 1.90. The van der Waals surface area contributed by atoms with Crippen LogP contribution < -0.4 is 13.8 Å². The first-order chi connectivity index (χ1) is 14.3. The molecule has 2 heterocycles. The molecule has 0 saturated heterocycles. The van der Waals surface area contributed by atoms with Crippen LogP contribution in [0.5, 0.6) is 17.4 Å². The number of aromatic amines is 1. The van der Waals surface area contributed by atoms with Crippen LogP contribution >= 0.6 is 0 Å². The Kier molecular flexibility index (Phi) is 4.90. The summed E-state index contributed by atoms with van der Waals surface area (Å²) in [6, 6.07) is 11.0. The molecule has 9 heteroatoms. The van der Waals surface area contributed by atoms with Gasteiger partial charge in [0.25, 0.3) is 0 Å². The second-order valence-electron chi connectivity index (χ2n) is 6.87. The topological polar surface area (TPSA) is 105 Å². The molecule has 2 aromatic heterocycles. The number of aromatic hydroxyl groups is 1. The Morgan fingerprint density at radius 1 is 1.17 bits per heavy atom. The van der Waals surface area contributed by atoms with E-state index < -0.39 is 10.0 Å². The van der Waals surface area contributed by atoms with Crippen molar-refractivity contribution in [1.29, 1.82) is 0 Å². The van der Waals surface area contributed by atoms with Crippen LogP contribution in [0, 0.1) is 0 Å². The maximum absolute atomic E-state index is 12.3. The first-order valence-electron chi connectivity index (χ1n) is 9.11. The molecule has 2 aromatic carbocycles. The van der Waals surface area contributed by atoms with Gasteiger partial charge < -0.3 is 19.6 Å². The van der Waals surface area contributed by atoms with Crippen molar-refractivity contribution in [3.8, 4) is 17.4 Å². The van der Waals surface area contributed by atoms with Crippen LogP contribution in [0.2, 0.25) is 0 Å². The molecule has 0 bridgehead atoms. The number of anilines is 1. The average molecular weight is 427 g/mol. The number of pyridine rings is 1. The Hall–Kier alpha value is -3.46. The molecular weight excluding hydrogens is 406 g/mol. The van der Waals surface area contributed by atoms with Gasteiger partial charge in [0.05, 0.1) is 30.0 Å². The highest BCUT2D eigenvalue weighted by Crippen LogP contribution is 2.46. The molecule has 4 rings (SSSR count). The minimum Gasteiger partial charge on any atom is -0.497 e. The summed E-state index contributed by atoms with van der Waals surface area (Å²) < 4.78 is 37.0. The zero-order valence-corrected chi connectivity index (χ0v) is 17.5. The van der Waals surface area contributed by atoms with E-state index in [9.17, 15) is 13.5 Å². The Morgan fingerprint density at radius 2 is 1.90 bits per heavy atom. The Bertz CT molecular complexity index is 1330. The quantitative estimate of drug-likeness (QED) is 0.489. The number of rotatable bonds is 6. The van der Waals surface area contributed by atoms with Gasteiger partial charge in [-0.15, -0.1) is 0 Å². The molecule has 4 aromatic rings. The second kappa shape index (κ2) is 7.42. The van der Waals surface area contributed by atoms with Gasteiger partial charge in [-0.05, 0) is 29.8 Å². The summed E-state index contributed by atoms with van der Waals surface area (Å²) in [6.45, 7) is 0.239. The van der Waals surface area contributed by atoms with E-state index in [0.29, 0.717) is 33.1 Å². The molecule has 156 valence electrons. The second-order valence-corrected chi connectivity index (χ2v) is 8.89. The number of fused-ring (bicyclic) bond motifs is 2. The van der Waals surface area contributed by atoms with E-state index in [2.05, 4.69) is 9.97 Å². The van der Waals surface area contributed by atoms with Crippen molar-refractivity contribution >= 4 is 37.4 Å². The van der Waals surface area contributed by atoms with Crippen molar-refractivity contribution in [3.63, 3.8) is 0 Å². The van der Waals surface area contributed by atoms with Crippen molar-refractivity contribution in [3.05, 3.63) is 54.4 Å². The molecule has 2 N–H and O–H groups in total. The summed E-state index contributed by atoms with van der Waals surface area (Å²) in [5, 5.41) is 11.9.